The van der Waals surface area contributed by atoms with E-state index in [1.54, 1.807) is 41.2 Å². The van der Waals surface area contributed by atoms with Crippen molar-refractivity contribution in [3.8, 4) is 5.75 Å². The summed E-state index contributed by atoms with van der Waals surface area (Å²) in [4.78, 5) is 16.5. The average molecular weight is 396 g/mol. The van der Waals surface area contributed by atoms with E-state index in [-0.39, 0.29) is 17.7 Å². The van der Waals surface area contributed by atoms with Crippen LogP contribution in [0.2, 0.25) is 0 Å². The maximum absolute atomic E-state index is 12.5. The summed E-state index contributed by atoms with van der Waals surface area (Å²) in [6, 6.07) is 6.11. The number of aryl methyl sites for hydroxylation is 1. The van der Waals surface area contributed by atoms with E-state index in [4.69, 9.17) is 0 Å². The number of hydrogen-bond donors (Lipinski definition) is 0. The van der Waals surface area contributed by atoms with Gasteiger partial charge in [-0.3, -0.25) is 14.4 Å². The van der Waals surface area contributed by atoms with Crippen molar-refractivity contribution in [3.63, 3.8) is 0 Å². The number of carbonyl (C=O) groups excluding carboxylic acids is 1. The predicted molar refractivity (Wildman–Crippen MR) is 96.7 cm³/mol. The third-order valence-corrected chi connectivity index (χ3v) is 4.94. The van der Waals surface area contributed by atoms with Crippen LogP contribution in [0.4, 0.5) is 13.2 Å². The topological polar surface area (TPSA) is 50.6 Å². The van der Waals surface area contributed by atoms with E-state index < -0.39 is 6.36 Å². The molecule has 0 aliphatic carbocycles. The summed E-state index contributed by atoms with van der Waals surface area (Å²) >= 11 is 0. The Bertz CT molecular complexity index is 796. The van der Waals surface area contributed by atoms with Crippen molar-refractivity contribution in [2.45, 2.75) is 31.8 Å². The van der Waals surface area contributed by atoms with Crippen LogP contribution in [-0.2, 0) is 13.6 Å². The molecule has 0 atom stereocenters. The maximum atomic E-state index is 12.5. The number of alkyl halides is 3. The number of benzene rings is 1. The molecule has 152 valence electrons. The van der Waals surface area contributed by atoms with Crippen molar-refractivity contribution in [2.24, 2.45) is 7.05 Å². The molecule has 9 heteroatoms. The van der Waals surface area contributed by atoms with Crippen molar-refractivity contribution in [2.75, 3.05) is 20.1 Å². The van der Waals surface area contributed by atoms with Gasteiger partial charge < -0.3 is 9.64 Å². The number of piperidine rings is 1. The molecule has 1 aliphatic rings. The second-order valence-electron chi connectivity index (χ2n) is 7.02. The van der Waals surface area contributed by atoms with Gasteiger partial charge in [0.1, 0.15) is 5.75 Å². The molecule has 1 aromatic heterocycles. The van der Waals surface area contributed by atoms with E-state index in [0.29, 0.717) is 12.1 Å². The van der Waals surface area contributed by atoms with Gasteiger partial charge in [-0.15, -0.1) is 13.2 Å². The molecule has 0 saturated carbocycles. The first-order valence-electron chi connectivity index (χ1n) is 9.04. The minimum Gasteiger partial charge on any atom is -0.406 e. The smallest absolute Gasteiger partial charge is 0.406 e. The van der Waals surface area contributed by atoms with E-state index >= 15 is 0 Å². The van der Waals surface area contributed by atoms with Gasteiger partial charge in [-0.2, -0.15) is 5.10 Å². The second-order valence-corrected chi connectivity index (χ2v) is 7.02. The molecule has 0 bridgehead atoms. The molecule has 28 heavy (non-hydrogen) atoms. The molecule has 1 amide bonds. The first-order chi connectivity index (χ1) is 13.2. The molecular weight excluding hydrogens is 373 g/mol. The van der Waals surface area contributed by atoms with Crippen LogP contribution in [0.1, 0.15) is 28.8 Å². The highest BCUT2D eigenvalue weighted by molar-refractivity contribution is 5.93. The van der Waals surface area contributed by atoms with Gasteiger partial charge in [-0.1, -0.05) is 12.1 Å². The summed E-state index contributed by atoms with van der Waals surface area (Å²) in [5.41, 5.74) is 1.50. The first-order valence-corrected chi connectivity index (χ1v) is 9.04. The molecule has 2 heterocycles. The van der Waals surface area contributed by atoms with Crippen molar-refractivity contribution in [1.29, 1.82) is 0 Å². The predicted octanol–water partition coefficient (Wildman–Crippen LogP) is 3.06. The number of aromatic nitrogens is 2. The van der Waals surface area contributed by atoms with Crippen molar-refractivity contribution in [1.82, 2.24) is 19.6 Å². The van der Waals surface area contributed by atoms with Gasteiger partial charge in [-0.25, -0.2) is 0 Å². The molecule has 0 spiro atoms. The fourth-order valence-corrected chi connectivity index (χ4v) is 3.42. The van der Waals surface area contributed by atoms with Crippen LogP contribution in [-0.4, -0.2) is 58.0 Å². The third kappa shape index (κ3) is 5.25. The number of nitrogens with zero attached hydrogens (tertiary/aromatic N) is 4. The summed E-state index contributed by atoms with van der Waals surface area (Å²) < 4.78 is 42.2. The lowest BCUT2D eigenvalue weighted by molar-refractivity contribution is -0.274. The SMILES string of the molecule is CN(C(=O)c1cnn(C)c1)C1CCN(Cc2ccc(OC(F)(F)F)cc2)CC1. The molecule has 1 fully saturated rings. The van der Waals surface area contributed by atoms with Crippen molar-refractivity contribution < 1.29 is 22.7 Å². The van der Waals surface area contributed by atoms with Gasteiger partial charge in [0.15, 0.2) is 0 Å². The van der Waals surface area contributed by atoms with Gasteiger partial charge in [0.05, 0.1) is 11.8 Å². The van der Waals surface area contributed by atoms with Crippen LogP contribution >= 0.6 is 0 Å². The number of likely N-dealkylation sites (tertiary alicyclic amines) is 1. The van der Waals surface area contributed by atoms with Gasteiger partial charge in [-0.05, 0) is 30.5 Å². The molecule has 6 nitrogen and oxygen atoms in total. The van der Waals surface area contributed by atoms with Crippen molar-refractivity contribution in [3.05, 3.63) is 47.8 Å². The number of carbonyl (C=O) groups is 1. The molecule has 3 rings (SSSR count). The molecule has 2 aromatic rings. The van der Waals surface area contributed by atoms with Crippen LogP contribution in [0.15, 0.2) is 36.7 Å². The highest BCUT2D eigenvalue weighted by Gasteiger charge is 2.31. The van der Waals surface area contributed by atoms with Crippen LogP contribution in [0.3, 0.4) is 0 Å². The van der Waals surface area contributed by atoms with Gasteiger partial charge >= 0.3 is 6.36 Å². The summed E-state index contributed by atoms with van der Waals surface area (Å²) in [5.74, 6) is -0.252. The standard InChI is InChI=1S/C19H23F3N4O2/c1-24-13-15(11-23-24)18(27)25(2)16-7-9-26(10-8-16)12-14-3-5-17(6-4-14)28-19(20,21)22/h3-6,11,13,16H,7-10,12H2,1-2H3. The van der Waals surface area contributed by atoms with Gasteiger partial charge in [0, 0.05) is 46.0 Å². The van der Waals surface area contributed by atoms with Crippen molar-refractivity contribution >= 4 is 5.91 Å². The Hall–Kier alpha value is -2.55. The zero-order chi connectivity index (χ0) is 20.3. The lowest BCUT2D eigenvalue weighted by Gasteiger charge is -2.36. The Morgan fingerprint density at radius 2 is 1.89 bits per heavy atom. The van der Waals surface area contributed by atoms with Crippen LogP contribution < -0.4 is 4.74 Å². The molecule has 1 aromatic carbocycles. The van der Waals surface area contributed by atoms with Crippen LogP contribution in [0.25, 0.3) is 0 Å². The lowest BCUT2D eigenvalue weighted by atomic mass is 10.0. The van der Waals surface area contributed by atoms with E-state index in [9.17, 15) is 18.0 Å². The number of halogens is 3. The zero-order valence-electron chi connectivity index (χ0n) is 15.8. The number of hydrogen-bond acceptors (Lipinski definition) is 4. The fourth-order valence-electron chi connectivity index (χ4n) is 3.42. The highest BCUT2D eigenvalue weighted by Crippen LogP contribution is 2.24. The Morgan fingerprint density at radius 1 is 1.25 bits per heavy atom. The number of ether oxygens (including phenoxy) is 1. The number of rotatable bonds is 5. The van der Waals surface area contributed by atoms with E-state index in [1.165, 1.54) is 12.1 Å². The minimum atomic E-state index is -4.68. The molecular formula is C19H23F3N4O2. The summed E-state index contributed by atoms with van der Waals surface area (Å²) in [5, 5.41) is 4.04. The molecule has 0 unspecified atom stereocenters. The van der Waals surface area contributed by atoms with E-state index in [2.05, 4.69) is 14.7 Å². The minimum absolute atomic E-state index is 0.0354. The molecule has 1 saturated heterocycles. The molecule has 0 radical (unpaired) electrons. The summed E-state index contributed by atoms with van der Waals surface area (Å²) in [6.07, 6.45) is 0.290. The maximum Gasteiger partial charge on any atom is 0.573 e. The fraction of sp³-hybridized carbons (Fsp3) is 0.474. The Morgan fingerprint density at radius 3 is 2.43 bits per heavy atom. The quantitative estimate of drug-likeness (QED) is 0.780. The largest absolute Gasteiger partial charge is 0.573 e. The van der Waals surface area contributed by atoms with E-state index in [0.717, 1.165) is 31.5 Å². The summed E-state index contributed by atoms with van der Waals surface area (Å²) in [6.45, 7) is 2.28. The third-order valence-electron chi connectivity index (χ3n) is 4.94. The molecule has 1 aliphatic heterocycles. The monoisotopic (exact) mass is 396 g/mol. The van der Waals surface area contributed by atoms with Gasteiger partial charge in [0.25, 0.3) is 5.91 Å². The average Bonchev–Trinajstić information content (AvgIpc) is 3.08. The summed E-state index contributed by atoms with van der Waals surface area (Å²) in [7, 11) is 3.59. The Kier molecular flexibility index (Phi) is 5.93. The zero-order valence-corrected chi connectivity index (χ0v) is 15.8. The first kappa shape index (κ1) is 20.2. The van der Waals surface area contributed by atoms with E-state index in [1.807, 2.05) is 7.05 Å². The van der Waals surface area contributed by atoms with Gasteiger partial charge in [0.2, 0.25) is 0 Å². The molecule has 0 N–H and O–H groups in total. The Balaban J connectivity index is 1.49. The second kappa shape index (κ2) is 8.22. The highest BCUT2D eigenvalue weighted by atomic mass is 19.4. The number of amides is 1. The Labute approximate surface area is 161 Å². The lowest BCUT2D eigenvalue weighted by Crippen LogP contribution is -2.45. The normalized spacial score (nSPS) is 16.2. The van der Waals surface area contributed by atoms with Crippen LogP contribution in [0.5, 0.6) is 5.75 Å². The van der Waals surface area contributed by atoms with Crippen LogP contribution in [0, 0.1) is 0 Å².